The van der Waals surface area contributed by atoms with E-state index in [0.29, 0.717) is 29.0 Å². The number of aromatic hydroxyl groups is 1. The molecule has 1 unspecified atom stereocenters. The van der Waals surface area contributed by atoms with Gasteiger partial charge in [0.1, 0.15) is 16.1 Å². The molecule has 1 aliphatic heterocycles. The summed E-state index contributed by atoms with van der Waals surface area (Å²) in [5.74, 6) is -2.06. The molecule has 2 aromatic rings. The quantitative estimate of drug-likeness (QED) is 0.765. The second kappa shape index (κ2) is 8.22. The fourth-order valence-corrected chi connectivity index (χ4v) is 3.63. The third-order valence-electron chi connectivity index (χ3n) is 4.14. The van der Waals surface area contributed by atoms with E-state index in [0.717, 1.165) is 6.92 Å². The van der Waals surface area contributed by atoms with Crippen LogP contribution in [0.1, 0.15) is 69.5 Å². The standard InChI is InChI=1S/C19H27N3O3S/c1-13(2)22-18(25)15(16(23)14-7-12-26-19(14)22)17(24)20-8-6-11-21-9-4-3-5-10-21/h7,12-13,23H,3-6,8-11H2,1-2H3,(H,20,24)/i1D3,3D2,7D,8D2,12D,13D/hD. The van der Waals surface area contributed by atoms with Crippen molar-refractivity contribution < 1.29 is 23.6 Å². The molecule has 1 atom stereocenters. The summed E-state index contributed by atoms with van der Waals surface area (Å²) in [6.07, 6.45) is -0.932. The lowest BCUT2D eigenvalue weighted by molar-refractivity contribution is 0.0946. The van der Waals surface area contributed by atoms with Crippen LogP contribution in [-0.2, 0) is 0 Å². The number of aromatic nitrogens is 1. The smallest absolute Gasteiger partial charge is 0.293 e. The van der Waals surface area contributed by atoms with Crippen molar-refractivity contribution in [3.8, 4) is 5.75 Å². The summed E-state index contributed by atoms with van der Waals surface area (Å²) < 4.78 is 87.7. The summed E-state index contributed by atoms with van der Waals surface area (Å²) in [6, 6.07) is -3.18. The number of likely N-dealkylation sites (tertiary alicyclic amines) is 1. The molecule has 2 N–H and O–H groups in total. The van der Waals surface area contributed by atoms with Gasteiger partial charge in [0.2, 0.25) is 0 Å². The predicted molar refractivity (Wildman–Crippen MR) is 105 cm³/mol. The number of rotatable bonds is 7. The van der Waals surface area contributed by atoms with Crippen molar-refractivity contribution in [2.75, 3.05) is 26.1 Å². The van der Waals surface area contributed by atoms with Crippen molar-refractivity contribution in [2.45, 2.75) is 45.4 Å². The van der Waals surface area contributed by atoms with E-state index in [9.17, 15) is 9.59 Å². The van der Waals surface area contributed by atoms with Crippen LogP contribution in [0.4, 0.5) is 0 Å². The van der Waals surface area contributed by atoms with Gasteiger partial charge in [-0.3, -0.25) is 14.2 Å². The number of nitrogens with one attached hydrogen (secondary N) is 1. The molecule has 0 aliphatic carbocycles. The average molecular weight is 389 g/mol. The average Bonchev–Trinajstić information content (AvgIpc) is 3.04. The fourth-order valence-electron chi connectivity index (χ4n) is 2.83. The molecule has 0 spiro atoms. The molecular formula is C19H27N3O3S. The lowest BCUT2D eigenvalue weighted by Crippen LogP contribution is -2.36. The highest BCUT2D eigenvalue weighted by Crippen LogP contribution is 2.31. The number of hydrogen-bond acceptors (Lipinski definition) is 5. The molecule has 142 valence electrons. The Hall–Kier alpha value is -1.86. The number of nitrogens with zero attached hydrogens (tertiary/aromatic N) is 2. The highest BCUT2D eigenvalue weighted by molar-refractivity contribution is 7.16. The van der Waals surface area contributed by atoms with Crippen LogP contribution < -0.4 is 10.9 Å². The van der Waals surface area contributed by atoms with Crippen LogP contribution in [0.3, 0.4) is 0 Å². The van der Waals surface area contributed by atoms with Gasteiger partial charge in [0.05, 0.1) is 9.50 Å². The zero-order chi connectivity index (χ0) is 28.1. The van der Waals surface area contributed by atoms with E-state index in [2.05, 4.69) is 10.4 Å². The Bertz CT molecular complexity index is 1250. The molecule has 3 rings (SSSR count). The van der Waals surface area contributed by atoms with Gasteiger partial charge in [-0.2, -0.15) is 0 Å². The number of amides is 1. The third-order valence-corrected chi connectivity index (χ3v) is 4.92. The van der Waals surface area contributed by atoms with Crippen LogP contribution >= 0.6 is 11.3 Å². The molecule has 1 saturated heterocycles. The number of thiophene rings is 1. The van der Waals surface area contributed by atoms with Crippen LogP contribution in [0.5, 0.6) is 5.75 Å². The Kier molecular flexibility index (Phi) is 2.96. The van der Waals surface area contributed by atoms with Crippen LogP contribution in [0.25, 0.3) is 10.2 Å². The largest absolute Gasteiger partial charge is 0.506 e. The Balaban J connectivity index is 2.02. The lowest BCUT2D eigenvalue weighted by atomic mass is 10.1. The Morgan fingerprint density at radius 1 is 1.65 bits per heavy atom. The number of piperidine rings is 1. The number of carbonyl (C=O) groups is 1. The maximum Gasteiger partial charge on any atom is 0.293 e. The van der Waals surface area contributed by atoms with Gasteiger partial charge in [-0.05, 0) is 64.1 Å². The van der Waals surface area contributed by atoms with Gasteiger partial charge >= 0.3 is 0 Å². The van der Waals surface area contributed by atoms with Crippen LogP contribution in [-0.4, -0.2) is 48.0 Å². The summed E-state index contributed by atoms with van der Waals surface area (Å²) in [5, 5.41) is 5.78. The first-order valence-corrected chi connectivity index (χ1v) is 9.02. The number of pyridine rings is 1. The van der Waals surface area contributed by atoms with E-state index in [-0.39, 0.29) is 36.0 Å². The molecule has 26 heavy (non-hydrogen) atoms. The van der Waals surface area contributed by atoms with Crippen LogP contribution in [0.15, 0.2) is 16.2 Å². The highest BCUT2D eigenvalue weighted by atomic mass is 32.1. The second-order valence-corrected chi connectivity index (χ2v) is 6.71. The van der Waals surface area contributed by atoms with Gasteiger partial charge in [0.15, 0.2) is 0 Å². The van der Waals surface area contributed by atoms with Crippen molar-refractivity contribution in [1.29, 1.82) is 1.43 Å². The molecule has 1 amide bonds. The molecule has 0 aromatic carbocycles. The second-order valence-electron chi connectivity index (χ2n) is 5.91. The fraction of sp³-hybridized carbons (Fsp3) is 0.579. The monoisotopic (exact) mass is 388 g/mol. The molecule has 2 aromatic heterocycles. The Morgan fingerprint density at radius 2 is 2.46 bits per heavy atom. The van der Waals surface area contributed by atoms with Gasteiger partial charge in [0, 0.05) is 22.1 Å². The minimum atomic E-state index is -3.08. The summed E-state index contributed by atoms with van der Waals surface area (Å²) >= 11 is 0.520. The summed E-state index contributed by atoms with van der Waals surface area (Å²) in [5.41, 5.74) is -2.29. The zero-order valence-corrected chi connectivity index (χ0v) is 15.1. The van der Waals surface area contributed by atoms with Crippen molar-refractivity contribution in [3.63, 3.8) is 0 Å². The molecule has 3 heterocycles. The molecular weight excluding hydrogens is 350 g/mol. The van der Waals surface area contributed by atoms with E-state index in [4.69, 9.17) is 15.1 Å². The first-order valence-electron chi connectivity index (χ1n) is 13.6. The molecule has 0 radical (unpaired) electrons. The van der Waals surface area contributed by atoms with Crippen LogP contribution in [0, 0.1) is 0 Å². The van der Waals surface area contributed by atoms with Crippen molar-refractivity contribution in [3.05, 3.63) is 27.3 Å². The highest BCUT2D eigenvalue weighted by Gasteiger charge is 2.23. The molecule has 0 bridgehead atoms. The lowest BCUT2D eigenvalue weighted by Gasteiger charge is -2.26. The minimum absolute atomic E-state index is 0.182. The van der Waals surface area contributed by atoms with Gasteiger partial charge in [0.25, 0.3) is 12.9 Å². The molecule has 0 saturated carbocycles. The van der Waals surface area contributed by atoms with E-state index in [1.54, 1.807) is 0 Å². The minimum Gasteiger partial charge on any atom is -0.506 e. The molecule has 1 aliphatic rings. The SMILES string of the molecule is [2H]Oc1c(C(=O)NC([2H])([2H])CCN2CCC([2H])([2H])CC2)c(=O)n(C([2H])(C)C([2H])([2H])[2H])c2sc([2H])c([2H])c12. The molecule has 6 nitrogen and oxygen atoms in total. The third kappa shape index (κ3) is 3.78. The van der Waals surface area contributed by atoms with E-state index < -0.39 is 59.9 Å². The predicted octanol–water partition coefficient (Wildman–Crippen LogP) is 2.96. The maximum absolute atomic E-state index is 13.5. The van der Waals surface area contributed by atoms with Gasteiger partial charge in [-0.15, -0.1) is 11.3 Å². The van der Waals surface area contributed by atoms with Gasteiger partial charge in [-0.1, -0.05) is 6.37 Å². The first kappa shape index (κ1) is 9.37. The van der Waals surface area contributed by atoms with E-state index in [1.807, 2.05) is 4.90 Å². The Labute approximate surface area is 173 Å². The van der Waals surface area contributed by atoms with Crippen molar-refractivity contribution >= 4 is 27.5 Å². The number of hydrogen-bond donors (Lipinski definition) is 2. The summed E-state index contributed by atoms with van der Waals surface area (Å²) in [4.78, 5) is 28.2. The van der Waals surface area contributed by atoms with Gasteiger partial charge in [-0.25, -0.2) is 0 Å². The first-order chi connectivity index (χ1) is 16.8. The summed E-state index contributed by atoms with van der Waals surface area (Å²) in [7, 11) is 0. The van der Waals surface area contributed by atoms with E-state index >= 15 is 0 Å². The number of carbonyl (C=O) groups excluding carboxylic acids is 1. The zero-order valence-electron chi connectivity index (χ0n) is 25.3. The van der Waals surface area contributed by atoms with Crippen molar-refractivity contribution in [1.82, 2.24) is 14.8 Å². The van der Waals surface area contributed by atoms with E-state index in [1.165, 1.54) is 0 Å². The maximum atomic E-state index is 13.5. The van der Waals surface area contributed by atoms with Gasteiger partial charge < -0.3 is 15.3 Å². The molecule has 7 heteroatoms. The Morgan fingerprint density at radius 3 is 3.19 bits per heavy atom. The van der Waals surface area contributed by atoms with Crippen molar-refractivity contribution in [2.24, 2.45) is 0 Å². The summed E-state index contributed by atoms with van der Waals surface area (Å²) in [6.45, 7) is -3.53. The topological polar surface area (TPSA) is 74.6 Å². The molecule has 1 fully saturated rings. The van der Waals surface area contributed by atoms with Crippen LogP contribution in [0.2, 0.25) is 0 Å². The normalized spacial score (nSPS) is 26.9. The number of fused-ring (bicyclic) bond motifs is 1.